The summed E-state index contributed by atoms with van der Waals surface area (Å²) in [6, 6.07) is 10.9. The molecule has 2 aromatic rings. The molecule has 4 nitrogen and oxygen atoms in total. The van der Waals surface area contributed by atoms with Crippen LogP contribution in [0.4, 0.5) is 0 Å². The van der Waals surface area contributed by atoms with Gasteiger partial charge in [-0.2, -0.15) is 0 Å². The van der Waals surface area contributed by atoms with Crippen LogP contribution in [0.3, 0.4) is 0 Å². The molecule has 4 aliphatic carbocycles. The predicted octanol–water partition coefficient (Wildman–Crippen LogP) is 9.35. The molecule has 0 amide bonds. The topological polar surface area (TPSA) is 48.4 Å². The number of fused-ring (bicyclic) bond motifs is 4. The maximum atomic E-state index is 12.6. The first kappa shape index (κ1) is 29.9. The van der Waals surface area contributed by atoms with Crippen LogP contribution < -0.4 is 4.74 Å². The van der Waals surface area contributed by atoms with Gasteiger partial charge in [-0.3, -0.25) is 0 Å². The Labute approximate surface area is 249 Å². The SMILES string of the molecule is CCCCCCCCC(=O)OC12CCC([As]Cc3ccc4cc(OC5CCC(C)(C)CC5)ccc4n3)(CC1)CC2. The van der Waals surface area contributed by atoms with E-state index in [0.717, 1.165) is 61.4 Å². The van der Waals surface area contributed by atoms with Gasteiger partial charge in [0.05, 0.1) is 0 Å². The van der Waals surface area contributed by atoms with E-state index in [1.54, 1.807) is 0 Å². The molecule has 0 spiro atoms. The van der Waals surface area contributed by atoms with Crippen LogP contribution in [0, 0.1) is 5.41 Å². The fourth-order valence-electron chi connectivity index (χ4n) is 7.10. The van der Waals surface area contributed by atoms with Crippen LogP contribution >= 0.6 is 0 Å². The van der Waals surface area contributed by atoms with Crippen molar-refractivity contribution in [3.05, 3.63) is 36.0 Å². The van der Waals surface area contributed by atoms with Crippen molar-refractivity contribution in [1.82, 2.24) is 4.98 Å². The van der Waals surface area contributed by atoms with E-state index in [1.165, 1.54) is 68.9 Å². The minimum atomic E-state index is -0.156. The molecule has 1 heterocycles. The fourth-order valence-corrected chi connectivity index (χ4v) is 10.2. The first-order valence-electron chi connectivity index (χ1n) is 16.2. The number of rotatable bonds is 13. The third kappa shape index (κ3) is 7.84. The number of carbonyl (C=O) groups is 1. The van der Waals surface area contributed by atoms with Gasteiger partial charge in [0.2, 0.25) is 0 Å². The Morgan fingerprint density at radius 1 is 0.900 bits per heavy atom. The zero-order valence-corrected chi connectivity index (χ0v) is 27.2. The third-order valence-corrected chi connectivity index (χ3v) is 13.9. The second kappa shape index (κ2) is 13.2. The molecule has 4 aliphatic rings. The number of hydrogen-bond donors (Lipinski definition) is 0. The van der Waals surface area contributed by atoms with Gasteiger partial charge in [0.25, 0.3) is 0 Å². The van der Waals surface area contributed by atoms with E-state index >= 15 is 0 Å². The molecule has 1 aromatic heterocycles. The Bertz CT molecular complexity index is 1110. The number of benzene rings is 1. The number of hydrogen-bond acceptors (Lipinski definition) is 4. The second-order valence-corrected chi connectivity index (χ2v) is 17.2. The van der Waals surface area contributed by atoms with Gasteiger partial charge in [0.1, 0.15) is 0 Å². The summed E-state index contributed by atoms with van der Waals surface area (Å²) in [6.07, 6.45) is 19.9. The fraction of sp³-hybridized carbons (Fsp3) is 0.714. The van der Waals surface area contributed by atoms with Gasteiger partial charge in [0.15, 0.2) is 0 Å². The summed E-state index contributed by atoms with van der Waals surface area (Å²) in [4.78, 5) is 17.6. The van der Waals surface area contributed by atoms with E-state index in [-0.39, 0.29) is 27.3 Å². The van der Waals surface area contributed by atoms with E-state index in [2.05, 4.69) is 51.1 Å². The van der Waals surface area contributed by atoms with Crippen molar-refractivity contribution in [2.24, 2.45) is 5.41 Å². The molecule has 0 unspecified atom stereocenters. The first-order valence-corrected chi connectivity index (χ1v) is 18.5. The third-order valence-electron chi connectivity index (χ3n) is 10.1. The average Bonchev–Trinajstić information content (AvgIpc) is 2.96. The van der Waals surface area contributed by atoms with Crippen LogP contribution in [-0.4, -0.2) is 38.4 Å². The number of carbonyl (C=O) groups excluding carboxylic acids is 1. The van der Waals surface area contributed by atoms with Gasteiger partial charge in [-0.25, -0.2) is 0 Å². The van der Waals surface area contributed by atoms with Crippen LogP contribution in [0.15, 0.2) is 30.3 Å². The minimum absolute atomic E-state index is 0.0507. The van der Waals surface area contributed by atoms with Crippen LogP contribution in [0.1, 0.15) is 136 Å². The molecule has 1 aromatic carbocycles. The molecule has 0 atom stereocenters. The molecule has 4 fully saturated rings. The molecule has 219 valence electrons. The summed E-state index contributed by atoms with van der Waals surface area (Å²) < 4.78 is 13.0. The van der Waals surface area contributed by atoms with Crippen molar-refractivity contribution >= 4 is 32.6 Å². The van der Waals surface area contributed by atoms with Gasteiger partial charge in [-0.05, 0) is 0 Å². The Hall–Kier alpha value is -1.54. The van der Waals surface area contributed by atoms with Gasteiger partial charge >= 0.3 is 223 Å². The van der Waals surface area contributed by atoms with E-state index in [1.807, 2.05) is 0 Å². The van der Waals surface area contributed by atoms with Crippen molar-refractivity contribution in [2.45, 2.75) is 151 Å². The molecule has 1 radical (unpaired) electrons. The molecular formula is C35H51AsNO3. The molecule has 2 bridgehead atoms. The van der Waals surface area contributed by atoms with Crippen LogP contribution in [0.5, 0.6) is 5.75 Å². The number of pyridine rings is 1. The van der Waals surface area contributed by atoms with Gasteiger partial charge in [-0.15, -0.1) is 0 Å². The Morgan fingerprint density at radius 3 is 2.33 bits per heavy atom. The number of esters is 1. The number of nitrogens with zero attached hydrogens (tertiary/aromatic N) is 1. The molecule has 0 N–H and O–H groups in total. The van der Waals surface area contributed by atoms with E-state index in [4.69, 9.17) is 14.5 Å². The summed E-state index contributed by atoms with van der Waals surface area (Å²) in [7, 11) is 0. The Balaban J connectivity index is 1.07. The van der Waals surface area contributed by atoms with Crippen molar-refractivity contribution in [1.29, 1.82) is 0 Å². The van der Waals surface area contributed by atoms with Crippen LogP contribution in [0.25, 0.3) is 10.9 Å². The van der Waals surface area contributed by atoms with Crippen LogP contribution in [0.2, 0.25) is 4.20 Å². The van der Waals surface area contributed by atoms with Crippen molar-refractivity contribution < 1.29 is 14.3 Å². The van der Waals surface area contributed by atoms with E-state index in [0.29, 0.717) is 22.1 Å². The maximum absolute atomic E-state index is 12.6. The Kier molecular flexibility index (Phi) is 9.86. The predicted molar refractivity (Wildman–Crippen MR) is 165 cm³/mol. The number of ether oxygens (including phenoxy) is 2. The molecule has 40 heavy (non-hydrogen) atoms. The van der Waals surface area contributed by atoms with Crippen molar-refractivity contribution in [3.63, 3.8) is 0 Å². The summed E-state index contributed by atoms with van der Waals surface area (Å²) in [5.74, 6) is 1.03. The van der Waals surface area contributed by atoms with Crippen molar-refractivity contribution in [3.8, 4) is 5.75 Å². The van der Waals surface area contributed by atoms with E-state index < -0.39 is 0 Å². The normalized spacial score (nSPS) is 26.5. The molecular weight excluding hydrogens is 557 g/mol. The van der Waals surface area contributed by atoms with Gasteiger partial charge in [-0.1, -0.05) is 27.2 Å². The molecule has 0 saturated heterocycles. The molecule has 0 aliphatic heterocycles. The quantitative estimate of drug-likeness (QED) is 0.129. The molecule has 4 saturated carbocycles. The summed E-state index contributed by atoms with van der Waals surface area (Å²) in [5.41, 5.74) is 2.62. The summed E-state index contributed by atoms with van der Waals surface area (Å²) >= 11 is 0.178. The standard InChI is InChI=1S/C35H51AsNO3/c1-4-5-6-7-8-9-10-32(38)40-35-22-19-34(20-23-35,21-24-35)36-26-28-12-11-27-25-30(13-14-31(27)37-28)39-29-15-17-33(2,3)18-16-29/h11-14,25,29H,4-10,15-24,26H2,1-3H3. The zero-order valence-electron chi connectivity index (χ0n) is 25.3. The van der Waals surface area contributed by atoms with Gasteiger partial charge in [0, 0.05) is 0 Å². The first-order chi connectivity index (χ1) is 19.3. The monoisotopic (exact) mass is 608 g/mol. The van der Waals surface area contributed by atoms with E-state index in [9.17, 15) is 4.79 Å². The number of unbranched alkanes of at least 4 members (excludes halogenated alkanes) is 5. The van der Waals surface area contributed by atoms with Gasteiger partial charge < -0.3 is 0 Å². The summed E-state index contributed by atoms with van der Waals surface area (Å²) in [5, 5.41) is 2.29. The summed E-state index contributed by atoms with van der Waals surface area (Å²) in [6.45, 7) is 6.98. The zero-order chi connectivity index (χ0) is 28.1. The number of aromatic nitrogens is 1. The molecule has 5 heteroatoms. The second-order valence-electron chi connectivity index (χ2n) is 13.9. The molecule has 6 rings (SSSR count). The van der Waals surface area contributed by atoms with Crippen LogP contribution in [-0.2, 0) is 14.7 Å². The van der Waals surface area contributed by atoms with Crippen molar-refractivity contribution in [2.75, 3.05) is 0 Å². The average molecular weight is 609 g/mol. The Morgan fingerprint density at radius 2 is 1.60 bits per heavy atom.